The van der Waals surface area contributed by atoms with Crippen LogP contribution >= 0.6 is 0 Å². The Morgan fingerprint density at radius 2 is 1.85 bits per heavy atom. The average Bonchev–Trinajstić information content (AvgIpc) is 2.08. The molecule has 0 bridgehead atoms. The SMILES string of the molecule is C=C1/C=C\C=C/C(=C)CN(C)/C=C\1. The molecule has 0 saturated carbocycles. The van der Waals surface area contributed by atoms with Crippen LogP contribution in [0.5, 0.6) is 0 Å². The third-order valence-electron chi connectivity index (χ3n) is 1.75. The van der Waals surface area contributed by atoms with Crippen LogP contribution in [0.1, 0.15) is 0 Å². The largest absolute Gasteiger partial charge is 0.376 e. The lowest BCUT2D eigenvalue weighted by Gasteiger charge is -2.14. The molecule has 0 radical (unpaired) electrons. The summed E-state index contributed by atoms with van der Waals surface area (Å²) in [5.74, 6) is 0. The molecule has 0 atom stereocenters. The van der Waals surface area contributed by atoms with Crippen LogP contribution in [0, 0.1) is 0 Å². The van der Waals surface area contributed by atoms with Gasteiger partial charge in [-0.1, -0.05) is 37.5 Å². The van der Waals surface area contributed by atoms with Gasteiger partial charge in [0.05, 0.1) is 0 Å². The van der Waals surface area contributed by atoms with Crippen LogP contribution in [0.2, 0.25) is 0 Å². The molecule has 0 N–H and O–H groups in total. The summed E-state index contributed by atoms with van der Waals surface area (Å²) >= 11 is 0. The summed E-state index contributed by atoms with van der Waals surface area (Å²) < 4.78 is 0. The standard InChI is InChI=1S/C12H15N/c1-11-6-4-5-7-12(2)10-13(3)9-8-11/h4-9H,1-2,10H2,3H3/b6-4-,7-5-,9-8-. The molecule has 13 heavy (non-hydrogen) atoms. The number of hydrogen-bond acceptors (Lipinski definition) is 1. The third-order valence-corrected chi connectivity index (χ3v) is 1.75. The van der Waals surface area contributed by atoms with E-state index in [1.165, 1.54) is 0 Å². The monoisotopic (exact) mass is 173 g/mol. The number of likely N-dealkylation sites (N-methyl/N-ethyl adjacent to an activating group) is 1. The highest BCUT2D eigenvalue weighted by molar-refractivity contribution is 5.32. The van der Waals surface area contributed by atoms with Crippen molar-refractivity contribution in [3.63, 3.8) is 0 Å². The average molecular weight is 173 g/mol. The van der Waals surface area contributed by atoms with E-state index in [9.17, 15) is 0 Å². The van der Waals surface area contributed by atoms with Crippen molar-refractivity contribution in [1.29, 1.82) is 0 Å². The van der Waals surface area contributed by atoms with Crippen molar-refractivity contribution in [1.82, 2.24) is 4.90 Å². The van der Waals surface area contributed by atoms with Crippen LogP contribution in [0.4, 0.5) is 0 Å². The Kier molecular flexibility index (Phi) is 3.32. The van der Waals surface area contributed by atoms with Crippen molar-refractivity contribution in [3.8, 4) is 0 Å². The summed E-state index contributed by atoms with van der Waals surface area (Å²) in [6.07, 6.45) is 11.9. The first-order chi connectivity index (χ1) is 6.18. The van der Waals surface area contributed by atoms with Gasteiger partial charge in [-0.25, -0.2) is 0 Å². The third kappa shape index (κ3) is 3.61. The Bertz CT molecular complexity index is 292. The second kappa shape index (κ2) is 4.51. The summed E-state index contributed by atoms with van der Waals surface area (Å²) in [6.45, 7) is 8.68. The van der Waals surface area contributed by atoms with E-state index in [1.807, 2.05) is 43.6 Å². The van der Waals surface area contributed by atoms with Crippen LogP contribution in [0.15, 0.2) is 60.9 Å². The van der Waals surface area contributed by atoms with Gasteiger partial charge in [0.2, 0.25) is 0 Å². The maximum absolute atomic E-state index is 3.94. The van der Waals surface area contributed by atoms with Crippen molar-refractivity contribution in [2.45, 2.75) is 0 Å². The predicted molar refractivity (Wildman–Crippen MR) is 58.3 cm³/mol. The van der Waals surface area contributed by atoms with Gasteiger partial charge >= 0.3 is 0 Å². The molecule has 0 aromatic carbocycles. The summed E-state index contributed by atoms with van der Waals surface area (Å²) in [4.78, 5) is 2.08. The lowest BCUT2D eigenvalue weighted by atomic mass is 10.2. The van der Waals surface area contributed by atoms with E-state index in [0.717, 1.165) is 17.7 Å². The number of nitrogens with zero attached hydrogens (tertiary/aromatic N) is 1. The number of hydrogen-bond donors (Lipinski definition) is 0. The Hall–Kier alpha value is -1.50. The molecule has 0 unspecified atom stereocenters. The molecule has 1 heteroatoms. The van der Waals surface area contributed by atoms with Gasteiger partial charge in [0, 0.05) is 13.6 Å². The number of allylic oxidation sites excluding steroid dienone is 5. The minimum absolute atomic E-state index is 0.855. The van der Waals surface area contributed by atoms with Crippen molar-refractivity contribution in [2.24, 2.45) is 0 Å². The van der Waals surface area contributed by atoms with Gasteiger partial charge in [-0.15, -0.1) is 0 Å². The normalized spacial score (nSPS) is 25.5. The maximum atomic E-state index is 3.94. The second-order valence-corrected chi connectivity index (χ2v) is 3.18. The topological polar surface area (TPSA) is 3.24 Å². The van der Waals surface area contributed by atoms with E-state index in [2.05, 4.69) is 18.1 Å². The Balaban J connectivity index is 2.81. The van der Waals surface area contributed by atoms with E-state index < -0.39 is 0 Å². The van der Waals surface area contributed by atoms with Gasteiger partial charge in [0.1, 0.15) is 0 Å². The molecule has 0 amide bonds. The molecule has 1 aliphatic rings. The predicted octanol–water partition coefficient (Wildman–Crippen LogP) is 2.67. The first-order valence-corrected chi connectivity index (χ1v) is 4.28. The highest BCUT2D eigenvalue weighted by Gasteiger charge is 1.93. The van der Waals surface area contributed by atoms with Crippen LogP contribution in [0.25, 0.3) is 0 Å². The zero-order chi connectivity index (χ0) is 9.68. The molecule has 1 aliphatic heterocycles. The van der Waals surface area contributed by atoms with Gasteiger partial charge in [0.15, 0.2) is 0 Å². The molecule has 0 fully saturated rings. The van der Waals surface area contributed by atoms with E-state index in [0.29, 0.717) is 0 Å². The Labute approximate surface area is 80.1 Å². The quantitative estimate of drug-likeness (QED) is 0.544. The molecule has 0 aliphatic carbocycles. The lowest BCUT2D eigenvalue weighted by Crippen LogP contribution is -2.13. The van der Waals surface area contributed by atoms with Gasteiger partial charge in [0.25, 0.3) is 0 Å². The van der Waals surface area contributed by atoms with E-state index >= 15 is 0 Å². The first kappa shape index (κ1) is 9.59. The van der Waals surface area contributed by atoms with Crippen molar-refractivity contribution < 1.29 is 0 Å². The molecule has 0 spiro atoms. The summed E-state index contributed by atoms with van der Waals surface area (Å²) in [6, 6.07) is 0. The van der Waals surface area contributed by atoms with Crippen LogP contribution < -0.4 is 0 Å². The fourth-order valence-electron chi connectivity index (χ4n) is 1.08. The van der Waals surface area contributed by atoms with Gasteiger partial charge in [-0.2, -0.15) is 0 Å². The molecule has 68 valence electrons. The zero-order valence-electron chi connectivity index (χ0n) is 8.03. The molecule has 1 heterocycles. The summed E-state index contributed by atoms with van der Waals surface area (Å²) in [5, 5.41) is 0. The van der Waals surface area contributed by atoms with Crippen molar-refractivity contribution in [2.75, 3.05) is 13.6 Å². The minimum Gasteiger partial charge on any atom is -0.376 e. The van der Waals surface area contributed by atoms with Crippen molar-refractivity contribution in [3.05, 3.63) is 60.9 Å². The van der Waals surface area contributed by atoms with E-state index in [1.54, 1.807) is 0 Å². The fraction of sp³-hybridized carbons (Fsp3) is 0.167. The Morgan fingerprint density at radius 3 is 2.62 bits per heavy atom. The molecule has 0 aromatic rings. The second-order valence-electron chi connectivity index (χ2n) is 3.18. The Morgan fingerprint density at radius 1 is 1.15 bits per heavy atom. The van der Waals surface area contributed by atoms with Crippen molar-refractivity contribution >= 4 is 0 Å². The highest BCUT2D eigenvalue weighted by atomic mass is 15.1. The minimum atomic E-state index is 0.855. The molecule has 1 rings (SSSR count). The molecule has 0 aromatic heterocycles. The van der Waals surface area contributed by atoms with E-state index in [4.69, 9.17) is 0 Å². The molecular weight excluding hydrogens is 158 g/mol. The summed E-state index contributed by atoms with van der Waals surface area (Å²) in [7, 11) is 2.02. The first-order valence-electron chi connectivity index (χ1n) is 4.28. The van der Waals surface area contributed by atoms with Crippen LogP contribution in [-0.4, -0.2) is 18.5 Å². The fourth-order valence-corrected chi connectivity index (χ4v) is 1.08. The molecular formula is C12H15N. The summed E-state index contributed by atoms with van der Waals surface area (Å²) in [5.41, 5.74) is 2.10. The van der Waals surface area contributed by atoms with E-state index in [-0.39, 0.29) is 0 Å². The van der Waals surface area contributed by atoms with Gasteiger partial charge in [-0.3, -0.25) is 0 Å². The zero-order valence-corrected chi connectivity index (χ0v) is 8.03. The van der Waals surface area contributed by atoms with Gasteiger partial charge in [-0.05, 0) is 23.4 Å². The van der Waals surface area contributed by atoms with Crippen LogP contribution in [0.3, 0.4) is 0 Å². The number of rotatable bonds is 0. The smallest absolute Gasteiger partial charge is 0.0414 e. The van der Waals surface area contributed by atoms with Gasteiger partial charge < -0.3 is 4.90 Å². The maximum Gasteiger partial charge on any atom is 0.0414 e. The highest BCUT2D eigenvalue weighted by Crippen LogP contribution is 2.03. The lowest BCUT2D eigenvalue weighted by molar-refractivity contribution is 0.501. The van der Waals surface area contributed by atoms with Crippen LogP contribution in [-0.2, 0) is 0 Å². The molecule has 1 nitrogen and oxygen atoms in total. The molecule has 0 saturated heterocycles.